The molecule has 3 nitrogen and oxygen atoms in total. The lowest BCUT2D eigenvalue weighted by Crippen LogP contribution is -2.38. The highest BCUT2D eigenvalue weighted by Crippen LogP contribution is 2.37. The van der Waals surface area contributed by atoms with Gasteiger partial charge in [0.25, 0.3) is 0 Å². The summed E-state index contributed by atoms with van der Waals surface area (Å²) in [6.07, 6.45) is 1.64. The molecule has 110 valence electrons. The minimum absolute atomic E-state index is 0.00846. The highest BCUT2D eigenvalue weighted by molar-refractivity contribution is 7.10. The van der Waals surface area contributed by atoms with E-state index in [1.54, 1.807) is 11.3 Å². The van der Waals surface area contributed by atoms with Gasteiger partial charge in [0.1, 0.15) is 6.04 Å². The molecular weight excluding hydrogens is 306 g/mol. The van der Waals surface area contributed by atoms with Crippen molar-refractivity contribution < 1.29 is 9.90 Å². The number of nitrogens with zero attached hydrogens (tertiary/aromatic N) is 1. The number of halogens is 1. The molecule has 0 saturated carbocycles. The van der Waals surface area contributed by atoms with E-state index < -0.39 is 12.0 Å². The van der Waals surface area contributed by atoms with E-state index in [2.05, 4.69) is 11.0 Å². The maximum absolute atomic E-state index is 11.5. The minimum Gasteiger partial charge on any atom is -0.480 e. The molecule has 1 aromatic heterocycles. The molecule has 1 N–H and O–H groups in total. The van der Waals surface area contributed by atoms with Crippen LogP contribution in [0.15, 0.2) is 41.8 Å². The van der Waals surface area contributed by atoms with E-state index >= 15 is 0 Å². The molecule has 0 spiro atoms. The fraction of sp³-hybridized carbons (Fsp3) is 0.312. The van der Waals surface area contributed by atoms with Crippen LogP contribution in [0.25, 0.3) is 0 Å². The SMILES string of the molecule is O=C(O)C1CCCN1C(c1ccc(Cl)cc1)c1cccs1. The summed E-state index contributed by atoms with van der Waals surface area (Å²) in [7, 11) is 0. The Hall–Kier alpha value is -1.36. The lowest BCUT2D eigenvalue weighted by atomic mass is 10.0. The lowest BCUT2D eigenvalue weighted by Gasteiger charge is -2.31. The maximum Gasteiger partial charge on any atom is 0.320 e. The minimum atomic E-state index is -0.733. The van der Waals surface area contributed by atoms with E-state index in [0.717, 1.165) is 18.5 Å². The van der Waals surface area contributed by atoms with Gasteiger partial charge in [0.15, 0.2) is 0 Å². The third kappa shape index (κ3) is 2.98. The van der Waals surface area contributed by atoms with Crippen LogP contribution in [-0.2, 0) is 4.79 Å². The Bertz CT molecular complexity index is 612. The van der Waals surface area contributed by atoms with E-state index in [0.29, 0.717) is 11.4 Å². The van der Waals surface area contributed by atoms with Crippen LogP contribution in [0.1, 0.15) is 29.3 Å². The zero-order valence-electron chi connectivity index (χ0n) is 11.4. The van der Waals surface area contributed by atoms with Gasteiger partial charge in [-0.2, -0.15) is 0 Å². The number of carboxylic acids is 1. The fourth-order valence-electron chi connectivity index (χ4n) is 2.97. The van der Waals surface area contributed by atoms with Gasteiger partial charge in [-0.1, -0.05) is 29.8 Å². The molecule has 2 unspecified atom stereocenters. The molecule has 0 aliphatic carbocycles. The van der Waals surface area contributed by atoms with Gasteiger partial charge in [0, 0.05) is 16.4 Å². The van der Waals surface area contributed by atoms with Gasteiger partial charge in [-0.15, -0.1) is 11.3 Å². The lowest BCUT2D eigenvalue weighted by molar-refractivity contribution is -0.142. The first-order valence-electron chi connectivity index (χ1n) is 6.94. The monoisotopic (exact) mass is 321 g/mol. The smallest absolute Gasteiger partial charge is 0.320 e. The molecule has 0 radical (unpaired) electrons. The topological polar surface area (TPSA) is 40.5 Å². The number of thiophene rings is 1. The van der Waals surface area contributed by atoms with Gasteiger partial charge in [-0.25, -0.2) is 0 Å². The van der Waals surface area contributed by atoms with Crippen LogP contribution in [0.5, 0.6) is 0 Å². The summed E-state index contributed by atoms with van der Waals surface area (Å²) in [5.41, 5.74) is 1.09. The van der Waals surface area contributed by atoms with Gasteiger partial charge in [-0.05, 0) is 42.0 Å². The second-order valence-corrected chi connectivity index (χ2v) is 6.62. The summed E-state index contributed by atoms with van der Waals surface area (Å²) >= 11 is 7.64. The van der Waals surface area contributed by atoms with Crippen molar-refractivity contribution in [3.05, 3.63) is 57.2 Å². The van der Waals surface area contributed by atoms with Gasteiger partial charge >= 0.3 is 5.97 Å². The molecule has 1 aliphatic heterocycles. The third-order valence-corrected chi connectivity index (χ3v) is 5.09. The average Bonchev–Trinajstić information content (AvgIpc) is 3.13. The van der Waals surface area contributed by atoms with Crippen LogP contribution in [0, 0.1) is 0 Å². The van der Waals surface area contributed by atoms with E-state index in [1.807, 2.05) is 35.7 Å². The number of rotatable bonds is 4. The van der Waals surface area contributed by atoms with Crippen LogP contribution in [-0.4, -0.2) is 28.6 Å². The predicted octanol–water partition coefficient (Wildman–Crippen LogP) is 4.04. The summed E-state index contributed by atoms with van der Waals surface area (Å²) < 4.78 is 0. The quantitative estimate of drug-likeness (QED) is 0.924. The van der Waals surface area contributed by atoms with Crippen molar-refractivity contribution in [2.24, 2.45) is 0 Å². The third-order valence-electron chi connectivity index (χ3n) is 3.91. The summed E-state index contributed by atoms with van der Waals surface area (Å²) in [5.74, 6) is -0.733. The molecule has 1 saturated heterocycles. The first kappa shape index (κ1) is 14.6. The Balaban J connectivity index is 2.00. The molecule has 0 amide bonds. The van der Waals surface area contributed by atoms with Crippen molar-refractivity contribution in [2.75, 3.05) is 6.54 Å². The Morgan fingerprint density at radius 1 is 1.33 bits per heavy atom. The number of benzene rings is 1. The van der Waals surface area contributed by atoms with E-state index in [9.17, 15) is 9.90 Å². The predicted molar refractivity (Wildman–Crippen MR) is 85.0 cm³/mol. The largest absolute Gasteiger partial charge is 0.480 e. The number of carbonyl (C=O) groups is 1. The molecule has 2 atom stereocenters. The molecule has 1 aliphatic rings. The van der Waals surface area contributed by atoms with Gasteiger partial charge in [0.2, 0.25) is 0 Å². The molecule has 21 heavy (non-hydrogen) atoms. The molecule has 5 heteroatoms. The van der Waals surface area contributed by atoms with Crippen LogP contribution in [0.4, 0.5) is 0 Å². The molecule has 1 fully saturated rings. The zero-order valence-corrected chi connectivity index (χ0v) is 13.0. The molecule has 0 bridgehead atoms. The standard InChI is InChI=1S/C16H16ClNO2S/c17-12-7-5-11(6-8-12)15(14-4-2-10-21-14)18-9-1-3-13(18)16(19)20/h2,4-8,10,13,15H,1,3,9H2,(H,19,20). The summed E-state index contributed by atoms with van der Waals surface area (Å²) in [6, 6.07) is 11.4. The van der Waals surface area contributed by atoms with E-state index in [-0.39, 0.29) is 6.04 Å². The fourth-order valence-corrected chi connectivity index (χ4v) is 3.97. The van der Waals surface area contributed by atoms with Crippen LogP contribution in [0.2, 0.25) is 5.02 Å². The van der Waals surface area contributed by atoms with Crippen molar-refractivity contribution in [3.8, 4) is 0 Å². The molecular formula is C16H16ClNO2S. The van der Waals surface area contributed by atoms with Crippen LogP contribution in [0.3, 0.4) is 0 Å². The van der Waals surface area contributed by atoms with Crippen molar-refractivity contribution in [2.45, 2.75) is 24.9 Å². The number of aliphatic carboxylic acids is 1. The van der Waals surface area contributed by atoms with Gasteiger partial charge < -0.3 is 5.11 Å². The second kappa shape index (κ2) is 6.18. The van der Waals surface area contributed by atoms with Crippen molar-refractivity contribution in [1.82, 2.24) is 4.90 Å². The number of hydrogen-bond donors (Lipinski definition) is 1. The Kier molecular flexibility index (Phi) is 4.29. The number of likely N-dealkylation sites (tertiary alicyclic amines) is 1. The first-order valence-corrected chi connectivity index (χ1v) is 8.20. The van der Waals surface area contributed by atoms with E-state index in [4.69, 9.17) is 11.6 Å². The van der Waals surface area contributed by atoms with E-state index in [1.165, 1.54) is 4.88 Å². The number of hydrogen-bond acceptors (Lipinski definition) is 3. The average molecular weight is 322 g/mol. The first-order chi connectivity index (χ1) is 10.2. The Morgan fingerprint density at radius 3 is 2.71 bits per heavy atom. The second-order valence-electron chi connectivity index (χ2n) is 5.20. The highest BCUT2D eigenvalue weighted by Gasteiger charge is 2.37. The van der Waals surface area contributed by atoms with Gasteiger partial charge in [-0.3, -0.25) is 9.69 Å². The summed E-state index contributed by atoms with van der Waals surface area (Å²) in [6.45, 7) is 0.808. The molecule has 2 heterocycles. The Labute approximate surface area is 132 Å². The molecule has 3 rings (SSSR count). The summed E-state index contributed by atoms with van der Waals surface area (Å²) in [5, 5.41) is 12.2. The van der Waals surface area contributed by atoms with Crippen LogP contribution < -0.4 is 0 Å². The zero-order chi connectivity index (χ0) is 14.8. The normalized spacial score (nSPS) is 20.5. The highest BCUT2D eigenvalue weighted by atomic mass is 35.5. The van der Waals surface area contributed by atoms with Crippen molar-refractivity contribution in [3.63, 3.8) is 0 Å². The summed E-state index contributed by atoms with van der Waals surface area (Å²) in [4.78, 5) is 14.8. The molecule has 1 aromatic carbocycles. The van der Waals surface area contributed by atoms with Gasteiger partial charge in [0.05, 0.1) is 6.04 Å². The number of carboxylic acid groups (broad SMARTS) is 1. The molecule has 2 aromatic rings. The maximum atomic E-state index is 11.5. The van der Waals surface area contributed by atoms with Crippen LogP contribution >= 0.6 is 22.9 Å². The Morgan fingerprint density at radius 2 is 2.10 bits per heavy atom. The van der Waals surface area contributed by atoms with Crippen molar-refractivity contribution in [1.29, 1.82) is 0 Å². The van der Waals surface area contributed by atoms with Crippen molar-refractivity contribution >= 4 is 28.9 Å².